The Balaban J connectivity index is 2.53. The summed E-state index contributed by atoms with van der Waals surface area (Å²) >= 11 is 0. The second kappa shape index (κ2) is 8.29. The first-order chi connectivity index (χ1) is 9.83. The molecule has 0 spiro atoms. The lowest BCUT2D eigenvalue weighted by molar-refractivity contribution is -0.306. The fourth-order valence-corrected chi connectivity index (χ4v) is 1.86. The third-order valence-electron chi connectivity index (χ3n) is 3.26. The van der Waals surface area contributed by atoms with Crippen molar-refractivity contribution >= 4 is 0 Å². The van der Waals surface area contributed by atoms with Crippen molar-refractivity contribution in [1.82, 2.24) is 0 Å². The maximum absolute atomic E-state index is 9.65. The summed E-state index contributed by atoms with van der Waals surface area (Å²) in [6.45, 7) is -1.97. The molecular weight excluding hydrogens is 292 g/mol. The molecule has 8 atom stereocenters. The lowest BCUT2D eigenvalue weighted by Gasteiger charge is -2.40. The maximum atomic E-state index is 9.65. The first-order valence-corrected chi connectivity index (χ1v) is 6.40. The van der Waals surface area contributed by atoms with Crippen LogP contribution < -0.4 is 0 Å². The van der Waals surface area contributed by atoms with Crippen molar-refractivity contribution in [2.75, 3.05) is 19.8 Å². The second-order valence-corrected chi connectivity index (χ2v) is 4.84. The molecule has 126 valence electrons. The zero-order chi connectivity index (χ0) is 16.2. The van der Waals surface area contributed by atoms with E-state index in [9.17, 15) is 25.5 Å². The molecule has 0 aromatic rings. The van der Waals surface area contributed by atoms with Crippen molar-refractivity contribution < 1.29 is 50.3 Å². The van der Waals surface area contributed by atoms with Crippen LogP contribution in [0.4, 0.5) is 0 Å². The Kier molecular flexibility index (Phi) is 7.36. The molecule has 10 heteroatoms. The van der Waals surface area contributed by atoms with E-state index in [0.717, 1.165) is 0 Å². The van der Waals surface area contributed by atoms with Gasteiger partial charge >= 0.3 is 0 Å². The van der Waals surface area contributed by atoms with Gasteiger partial charge in [0, 0.05) is 0 Å². The minimum atomic E-state index is -1.68. The van der Waals surface area contributed by atoms with Crippen LogP contribution in [0.25, 0.3) is 0 Å². The van der Waals surface area contributed by atoms with E-state index in [-0.39, 0.29) is 0 Å². The minimum Gasteiger partial charge on any atom is -0.394 e. The van der Waals surface area contributed by atoms with Crippen LogP contribution in [0.5, 0.6) is 0 Å². The molecule has 0 bridgehead atoms. The number of hydrogen-bond acceptors (Lipinski definition) is 10. The minimum absolute atomic E-state index is 0.582. The Morgan fingerprint density at radius 2 is 1.52 bits per heavy atom. The van der Waals surface area contributed by atoms with E-state index in [2.05, 4.69) is 0 Å². The van der Waals surface area contributed by atoms with Crippen LogP contribution in [0.3, 0.4) is 0 Å². The first kappa shape index (κ1) is 18.6. The van der Waals surface area contributed by atoms with Gasteiger partial charge in [0.25, 0.3) is 0 Å². The highest BCUT2D eigenvalue weighted by Gasteiger charge is 2.44. The number of hydrogen-bond donors (Lipinski definition) is 8. The van der Waals surface area contributed by atoms with Crippen LogP contribution in [0.15, 0.2) is 0 Å². The van der Waals surface area contributed by atoms with Crippen LogP contribution in [0.1, 0.15) is 0 Å². The molecule has 0 aromatic heterocycles. The van der Waals surface area contributed by atoms with Gasteiger partial charge in [-0.3, -0.25) is 0 Å². The summed E-state index contributed by atoms with van der Waals surface area (Å²) in [5, 5.41) is 74.4. The molecule has 1 saturated heterocycles. The van der Waals surface area contributed by atoms with Gasteiger partial charge in [-0.1, -0.05) is 0 Å². The van der Waals surface area contributed by atoms with Crippen LogP contribution in [-0.4, -0.2) is 110 Å². The third-order valence-corrected chi connectivity index (χ3v) is 3.26. The van der Waals surface area contributed by atoms with Crippen molar-refractivity contribution in [2.45, 2.75) is 49.0 Å². The van der Waals surface area contributed by atoms with E-state index in [1.165, 1.54) is 0 Å². The normalized spacial score (nSPS) is 38.0. The van der Waals surface area contributed by atoms with E-state index < -0.39 is 68.8 Å². The number of aliphatic hydroxyl groups excluding tert-OH is 8. The molecule has 10 nitrogen and oxygen atoms in total. The van der Waals surface area contributed by atoms with Crippen LogP contribution in [0.2, 0.25) is 0 Å². The first-order valence-electron chi connectivity index (χ1n) is 6.40. The molecule has 1 aliphatic rings. The predicted molar refractivity (Wildman–Crippen MR) is 64.8 cm³/mol. The van der Waals surface area contributed by atoms with Gasteiger partial charge < -0.3 is 50.3 Å². The highest BCUT2D eigenvalue weighted by atomic mass is 16.7. The SMILES string of the molecule is OC[C@H](O)[C@@H](O)[C@H](O)COC1O[C@H](CO)[C@@H](O)[C@H](O)[C@H]1O. The van der Waals surface area contributed by atoms with E-state index in [4.69, 9.17) is 24.8 Å². The fraction of sp³-hybridized carbons (Fsp3) is 1.00. The van der Waals surface area contributed by atoms with Crippen LogP contribution >= 0.6 is 0 Å². The molecule has 1 aliphatic heterocycles. The van der Waals surface area contributed by atoms with Gasteiger partial charge in [0.15, 0.2) is 6.29 Å². The van der Waals surface area contributed by atoms with Crippen molar-refractivity contribution in [3.8, 4) is 0 Å². The van der Waals surface area contributed by atoms with Crippen LogP contribution in [-0.2, 0) is 9.47 Å². The van der Waals surface area contributed by atoms with E-state index in [1.54, 1.807) is 0 Å². The fourth-order valence-electron chi connectivity index (χ4n) is 1.86. The van der Waals surface area contributed by atoms with Crippen molar-refractivity contribution in [2.24, 2.45) is 0 Å². The average Bonchev–Trinajstić information content (AvgIpc) is 2.50. The summed E-state index contributed by atoms with van der Waals surface area (Å²) in [4.78, 5) is 0. The van der Waals surface area contributed by atoms with E-state index in [0.29, 0.717) is 0 Å². The average molecular weight is 314 g/mol. The molecule has 0 amide bonds. The Morgan fingerprint density at radius 3 is 2.05 bits per heavy atom. The second-order valence-electron chi connectivity index (χ2n) is 4.84. The van der Waals surface area contributed by atoms with Crippen LogP contribution in [0, 0.1) is 0 Å². The summed E-state index contributed by atoms with van der Waals surface area (Å²) < 4.78 is 9.98. The molecule has 21 heavy (non-hydrogen) atoms. The standard InChI is InChI=1S/C11H22O10/c12-1-4(14)7(16)5(15)3-20-11-10(19)9(18)8(17)6(2-13)21-11/h4-19H,1-3H2/t4-,5+,6+,7+,8+,9-,10+,11?/m0/s1. The number of aliphatic hydroxyl groups is 8. The molecular formula is C11H22O10. The molecule has 0 aliphatic carbocycles. The summed E-state index contributed by atoms with van der Waals surface area (Å²) in [6.07, 6.45) is -12.2. The van der Waals surface area contributed by atoms with Gasteiger partial charge in [-0.15, -0.1) is 0 Å². The summed E-state index contributed by atoms with van der Waals surface area (Å²) in [5.41, 5.74) is 0. The number of rotatable bonds is 7. The third kappa shape index (κ3) is 4.53. The predicted octanol–water partition coefficient (Wildman–Crippen LogP) is -5.12. The van der Waals surface area contributed by atoms with Gasteiger partial charge in [0.1, 0.15) is 42.7 Å². The Bertz CT molecular complexity index is 301. The molecule has 1 fully saturated rings. The number of ether oxygens (including phenoxy) is 2. The van der Waals surface area contributed by atoms with Gasteiger partial charge in [0.2, 0.25) is 0 Å². The van der Waals surface area contributed by atoms with Gasteiger partial charge in [-0.05, 0) is 0 Å². The van der Waals surface area contributed by atoms with Crippen molar-refractivity contribution in [3.63, 3.8) is 0 Å². The molecule has 0 aromatic carbocycles. The molecule has 1 unspecified atom stereocenters. The zero-order valence-corrected chi connectivity index (χ0v) is 11.1. The topological polar surface area (TPSA) is 180 Å². The quantitative estimate of drug-likeness (QED) is 0.226. The van der Waals surface area contributed by atoms with E-state index in [1.807, 2.05) is 0 Å². The highest BCUT2D eigenvalue weighted by Crippen LogP contribution is 2.22. The molecule has 8 N–H and O–H groups in total. The zero-order valence-electron chi connectivity index (χ0n) is 11.1. The largest absolute Gasteiger partial charge is 0.394 e. The lowest BCUT2D eigenvalue weighted by atomic mass is 9.99. The van der Waals surface area contributed by atoms with Gasteiger partial charge in [-0.2, -0.15) is 0 Å². The van der Waals surface area contributed by atoms with Crippen molar-refractivity contribution in [3.05, 3.63) is 0 Å². The lowest BCUT2D eigenvalue weighted by Crippen LogP contribution is -2.59. The Hall–Kier alpha value is -0.400. The summed E-state index contributed by atoms with van der Waals surface area (Å²) in [5.74, 6) is 0. The Morgan fingerprint density at radius 1 is 0.905 bits per heavy atom. The van der Waals surface area contributed by atoms with Gasteiger partial charge in [-0.25, -0.2) is 0 Å². The van der Waals surface area contributed by atoms with E-state index >= 15 is 0 Å². The van der Waals surface area contributed by atoms with Gasteiger partial charge in [0.05, 0.1) is 19.8 Å². The molecule has 0 saturated carbocycles. The monoisotopic (exact) mass is 314 g/mol. The molecule has 1 heterocycles. The van der Waals surface area contributed by atoms with Crippen molar-refractivity contribution in [1.29, 1.82) is 0 Å². The molecule has 1 rings (SSSR count). The maximum Gasteiger partial charge on any atom is 0.186 e. The summed E-state index contributed by atoms with van der Waals surface area (Å²) in [7, 11) is 0. The smallest absolute Gasteiger partial charge is 0.186 e. The Labute approximate surface area is 120 Å². The highest BCUT2D eigenvalue weighted by molar-refractivity contribution is 4.89. The summed E-state index contributed by atoms with van der Waals surface area (Å²) in [6, 6.07) is 0. The molecule has 0 radical (unpaired) electrons.